The van der Waals surface area contributed by atoms with Crippen LogP contribution in [0.3, 0.4) is 0 Å². The fourth-order valence-corrected chi connectivity index (χ4v) is 6.39. The molecule has 0 radical (unpaired) electrons. The van der Waals surface area contributed by atoms with Gasteiger partial charge < -0.3 is 15.5 Å². The molecule has 0 saturated heterocycles. The summed E-state index contributed by atoms with van der Waals surface area (Å²) in [6, 6.07) is 0. The van der Waals surface area contributed by atoms with E-state index in [1.165, 1.54) is 29.6 Å². The molecule has 0 spiro atoms. The Balaban J connectivity index is 2.35. The Hall–Kier alpha value is -1.14. The molecule has 2 unspecified atom stereocenters. The van der Waals surface area contributed by atoms with E-state index >= 15 is 0 Å². The first-order chi connectivity index (χ1) is 15.2. The van der Waals surface area contributed by atoms with Crippen molar-refractivity contribution < 1.29 is 29.4 Å². The van der Waals surface area contributed by atoms with Gasteiger partial charge in [0.05, 0.1) is 26.2 Å². The molecule has 0 amide bonds. The summed E-state index contributed by atoms with van der Waals surface area (Å²) in [5.41, 5.74) is 0. The molecule has 0 aromatic carbocycles. The number of carboxylic acid groups (broad SMARTS) is 2. The zero-order valence-corrected chi connectivity index (χ0v) is 20.7. The quantitative estimate of drug-likeness (QED) is 0.210. The summed E-state index contributed by atoms with van der Waals surface area (Å²) in [5, 5.41) is 22.7. The summed E-state index contributed by atoms with van der Waals surface area (Å²) in [6.45, 7) is 2.20. The van der Waals surface area contributed by atoms with E-state index in [4.69, 9.17) is 10.2 Å². The molecular weight excluding hydrogens is 454 g/mol. The van der Waals surface area contributed by atoms with Crippen molar-refractivity contribution in [2.24, 2.45) is 0 Å². The number of hydrogen-bond acceptors (Lipinski definition) is 9. The van der Waals surface area contributed by atoms with Gasteiger partial charge in [-0.05, 0) is 39.0 Å². The van der Waals surface area contributed by atoms with Crippen LogP contribution in [0.25, 0.3) is 0 Å². The first kappa shape index (κ1) is 28.9. The van der Waals surface area contributed by atoms with Gasteiger partial charge in [-0.1, -0.05) is 0 Å². The first-order valence-electron chi connectivity index (χ1n) is 11.0. The minimum atomic E-state index is -1.06. The Labute approximate surface area is 199 Å². The van der Waals surface area contributed by atoms with E-state index in [1.807, 2.05) is 30.6 Å². The van der Waals surface area contributed by atoms with Crippen molar-refractivity contribution in [1.29, 1.82) is 0 Å². The SMILES string of the molecule is CNCCSC1CCC1SCCCC(=O)CN(CCN(CC(C)=O)CC(=O)O)CC(=O)O. The van der Waals surface area contributed by atoms with E-state index in [2.05, 4.69) is 5.32 Å². The number of rotatable bonds is 20. The molecular formula is C21H37N3O6S2. The molecule has 3 N–H and O–H groups in total. The van der Waals surface area contributed by atoms with E-state index in [9.17, 15) is 19.2 Å². The third-order valence-corrected chi connectivity index (χ3v) is 8.18. The molecule has 11 heteroatoms. The third-order valence-electron chi connectivity index (χ3n) is 5.06. The topological polar surface area (TPSA) is 127 Å². The highest BCUT2D eigenvalue weighted by Crippen LogP contribution is 2.40. The number of carbonyl (C=O) groups excluding carboxylic acids is 2. The Morgan fingerprint density at radius 1 is 0.875 bits per heavy atom. The highest BCUT2D eigenvalue weighted by Gasteiger charge is 2.31. The molecule has 0 aromatic rings. The fraction of sp³-hybridized carbons (Fsp3) is 0.810. The van der Waals surface area contributed by atoms with E-state index in [0.717, 1.165) is 24.5 Å². The summed E-state index contributed by atoms with van der Waals surface area (Å²) >= 11 is 3.95. The molecule has 0 aliphatic heterocycles. The van der Waals surface area contributed by atoms with Crippen LogP contribution in [-0.4, -0.2) is 118 Å². The van der Waals surface area contributed by atoms with Gasteiger partial charge in [-0.2, -0.15) is 23.5 Å². The third kappa shape index (κ3) is 13.4. The van der Waals surface area contributed by atoms with Gasteiger partial charge in [-0.3, -0.25) is 29.0 Å². The lowest BCUT2D eigenvalue weighted by atomic mass is 9.99. The minimum Gasteiger partial charge on any atom is -0.480 e. The van der Waals surface area contributed by atoms with Crippen LogP contribution >= 0.6 is 23.5 Å². The van der Waals surface area contributed by atoms with Crippen molar-refractivity contribution >= 4 is 47.0 Å². The number of Topliss-reactive ketones (excluding diaryl/α,β-unsaturated/α-hetero) is 2. The molecule has 2 atom stereocenters. The molecule has 0 aromatic heterocycles. The number of carboxylic acids is 2. The van der Waals surface area contributed by atoms with Gasteiger partial charge in [-0.25, -0.2) is 0 Å². The maximum absolute atomic E-state index is 12.4. The number of hydrogen-bond donors (Lipinski definition) is 3. The lowest BCUT2D eigenvalue weighted by Crippen LogP contribution is -2.43. The zero-order chi connectivity index (χ0) is 23.9. The van der Waals surface area contributed by atoms with Crippen LogP contribution in [0.1, 0.15) is 32.6 Å². The van der Waals surface area contributed by atoms with Gasteiger partial charge in [0.15, 0.2) is 0 Å². The lowest BCUT2D eigenvalue weighted by molar-refractivity contribution is -0.141. The Morgan fingerprint density at radius 2 is 1.41 bits per heavy atom. The molecule has 1 aliphatic carbocycles. The van der Waals surface area contributed by atoms with Gasteiger partial charge in [0.25, 0.3) is 0 Å². The second-order valence-electron chi connectivity index (χ2n) is 8.05. The molecule has 1 saturated carbocycles. The van der Waals surface area contributed by atoms with Crippen molar-refractivity contribution in [3.05, 3.63) is 0 Å². The minimum absolute atomic E-state index is 0.0169. The Bertz CT molecular complexity index is 606. The highest BCUT2D eigenvalue weighted by molar-refractivity contribution is 8.04. The maximum Gasteiger partial charge on any atom is 0.317 e. The standard InChI is InChI=1S/C21H37N3O6S2/c1-16(25)12-23(14-20(27)28)8-9-24(15-21(29)30)13-17(26)4-3-10-31-18-5-6-19(18)32-11-7-22-2/h18-19,22H,3-15H2,1-2H3,(H,27,28)(H,29,30). The Kier molecular flexibility index (Phi) is 14.9. The summed E-state index contributed by atoms with van der Waals surface area (Å²) in [7, 11) is 1.96. The van der Waals surface area contributed by atoms with Gasteiger partial charge >= 0.3 is 11.9 Å². The van der Waals surface area contributed by atoms with Gasteiger partial charge in [-0.15, -0.1) is 0 Å². The molecule has 32 heavy (non-hydrogen) atoms. The molecule has 1 fully saturated rings. The van der Waals surface area contributed by atoms with Crippen LogP contribution in [0.15, 0.2) is 0 Å². The van der Waals surface area contributed by atoms with Crippen LogP contribution in [-0.2, 0) is 19.2 Å². The highest BCUT2D eigenvalue weighted by atomic mass is 32.2. The molecule has 1 aliphatic rings. The molecule has 0 bridgehead atoms. The number of carbonyl (C=O) groups is 4. The predicted molar refractivity (Wildman–Crippen MR) is 129 cm³/mol. The summed E-state index contributed by atoms with van der Waals surface area (Å²) in [5.74, 6) is -0.249. The van der Waals surface area contributed by atoms with E-state index in [1.54, 1.807) is 0 Å². The number of ketones is 2. The zero-order valence-electron chi connectivity index (χ0n) is 19.1. The van der Waals surface area contributed by atoms with Crippen LogP contribution < -0.4 is 5.32 Å². The van der Waals surface area contributed by atoms with Crippen molar-refractivity contribution in [2.45, 2.75) is 43.1 Å². The molecule has 184 valence electrons. The monoisotopic (exact) mass is 491 g/mol. The van der Waals surface area contributed by atoms with Gasteiger partial charge in [0.2, 0.25) is 0 Å². The summed E-state index contributed by atoms with van der Waals surface area (Å²) < 4.78 is 0. The Morgan fingerprint density at radius 3 is 1.88 bits per heavy atom. The van der Waals surface area contributed by atoms with Crippen LogP contribution in [0.5, 0.6) is 0 Å². The molecule has 1 rings (SSSR count). The van der Waals surface area contributed by atoms with Gasteiger partial charge in [0.1, 0.15) is 11.6 Å². The van der Waals surface area contributed by atoms with E-state index in [0.29, 0.717) is 16.9 Å². The average molecular weight is 492 g/mol. The molecule has 9 nitrogen and oxygen atoms in total. The van der Waals surface area contributed by atoms with E-state index < -0.39 is 11.9 Å². The van der Waals surface area contributed by atoms with Crippen molar-refractivity contribution in [2.75, 3.05) is 64.4 Å². The van der Waals surface area contributed by atoms with Crippen LogP contribution in [0.2, 0.25) is 0 Å². The second-order valence-corrected chi connectivity index (χ2v) is 10.7. The molecule has 0 heterocycles. The maximum atomic E-state index is 12.4. The summed E-state index contributed by atoms with van der Waals surface area (Å²) in [6.07, 6.45) is 3.66. The van der Waals surface area contributed by atoms with Crippen molar-refractivity contribution in [3.63, 3.8) is 0 Å². The van der Waals surface area contributed by atoms with Crippen LogP contribution in [0.4, 0.5) is 0 Å². The predicted octanol–water partition coefficient (Wildman–Crippen LogP) is 0.915. The first-order valence-corrected chi connectivity index (χ1v) is 13.1. The lowest BCUT2D eigenvalue weighted by Gasteiger charge is -2.35. The van der Waals surface area contributed by atoms with Crippen molar-refractivity contribution in [1.82, 2.24) is 15.1 Å². The number of nitrogens with zero attached hydrogens (tertiary/aromatic N) is 2. The smallest absolute Gasteiger partial charge is 0.317 e. The normalized spacial score (nSPS) is 18.0. The second kappa shape index (κ2) is 16.5. The van der Waals surface area contributed by atoms with E-state index in [-0.39, 0.29) is 50.8 Å². The average Bonchev–Trinajstić information content (AvgIpc) is 2.66. The number of aliphatic carboxylic acids is 2. The fourth-order valence-electron chi connectivity index (χ4n) is 3.37. The summed E-state index contributed by atoms with van der Waals surface area (Å²) in [4.78, 5) is 48.8. The van der Waals surface area contributed by atoms with Crippen molar-refractivity contribution in [3.8, 4) is 0 Å². The number of thioether (sulfide) groups is 2. The largest absolute Gasteiger partial charge is 0.480 e. The van der Waals surface area contributed by atoms with Crippen LogP contribution in [0, 0.1) is 0 Å². The number of nitrogens with one attached hydrogen (secondary N) is 1. The van der Waals surface area contributed by atoms with Gasteiger partial charge in [0, 0.05) is 42.3 Å².